The summed E-state index contributed by atoms with van der Waals surface area (Å²) < 4.78 is 0. The first-order chi connectivity index (χ1) is 11.1. The van der Waals surface area contributed by atoms with Crippen LogP contribution in [-0.2, 0) is 4.79 Å². The zero-order chi connectivity index (χ0) is 16.0. The summed E-state index contributed by atoms with van der Waals surface area (Å²) in [5.41, 5.74) is -0.784. The van der Waals surface area contributed by atoms with Crippen LogP contribution in [0.15, 0.2) is 66.7 Å². The third kappa shape index (κ3) is 2.01. The second-order valence-corrected chi connectivity index (χ2v) is 6.05. The first-order valence-electron chi connectivity index (χ1n) is 7.61. The van der Waals surface area contributed by atoms with Crippen LogP contribution in [0.1, 0.15) is 11.5 Å². The minimum absolute atomic E-state index is 0.179. The Morgan fingerprint density at radius 2 is 1.61 bits per heavy atom. The first kappa shape index (κ1) is 14.1. The van der Waals surface area contributed by atoms with E-state index in [0.717, 1.165) is 27.1 Å². The molecule has 3 nitrogen and oxygen atoms in total. The number of ketones is 1. The van der Waals surface area contributed by atoms with E-state index < -0.39 is 18.1 Å². The van der Waals surface area contributed by atoms with Crippen LogP contribution >= 0.6 is 0 Å². The Morgan fingerprint density at radius 3 is 2.35 bits per heavy atom. The SMILES string of the molecule is O=C1C=C[C@@](O)(CO)[C@H]1c1cc2ccccc2c2ccccc12. The van der Waals surface area contributed by atoms with E-state index in [4.69, 9.17) is 0 Å². The van der Waals surface area contributed by atoms with Gasteiger partial charge in [-0.2, -0.15) is 0 Å². The number of fused-ring (bicyclic) bond motifs is 3. The van der Waals surface area contributed by atoms with Crippen LogP contribution in [0.25, 0.3) is 21.5 Å². The zero-order valence-corrected chi connectivity index (χ0v) is 12.4. The van der Waals surface area contributed by atoms with Crippen LogP contribution in [0.2, 0.25) is 0 Å². The fourth-order valence-corrected chi connectivity index (χ4v) is 3.55. The summed E-state index contributed by atoms with van der Waals surface area (Å²) in [6.07, 6.45) is 2.77. The Hall–Kier alpha value is -2.49. The number of hydrogen-bond acceptors (Lipinski definition) is 3. The van der Waals surface area contributed by atoms with Crippen molar-refractivity contribution in [3.05, 3.63) is 72.3 Å². The van der Waals surface area contributed by atoms with Gasteiger partial charge in [0.2, 0.25) is 0 Å². The average molecular weight is 304 g/mol. The van der Waals surface area contributed by atoms with Crippen LogP contribution < -0.4 is 0 Å². The maximum atomic E-state index is 12.4. The smallest absolute Gasteiger partial charge is 0.166 e. The topological polar surface area (TPSA) is 57.5 Å². The van der Waals surface area contributed by atoms with E-state index >= 15 is 0 Å². The van der Waals surface area contributed by atoms with Crippen LogP contribution in [0.5, 0.6) is 0 Å². The van der Waals surface area contributed by atoms with Gasteiger partial charge in [0.1, 0.15) is 5.60 Å². The van der Waals surface area contributed by atoms with Crippen LogP contribution in [0, 0.1) is 0 Å². The monoisotopic (exact) mass is 304 g/mol. The quantitative estimate of drug-likeness (QED) is 0.716. The summed E-state index contributed by atoms with van der Waals surface area (Å²) in [6.45, 7) is -0.485. The number of carbonyl (C=O) groups is 1. The summed E-state index contributed by atoms with van der Waals surface area (Å²) in [5.74, 6) is -0.955. The molecule has 3 aromatic rings. The zero-order valence-electron chi connectivity index (χ0n) is 12.4. The Morgan fingerprint density at radius 1 is 0.957 bits per heavy atom. The van der Waals surface area contributed by atoms with Gasteiger partial charge in [-0.05, 0) is 45.3 Å². The normalized spacial score (nSPS) is 23.9. The highest BCUT2D eigenvalue weighted by molar-refractivity contribution is 6.12. The van der Waals surface area contributed by atoms with Crippen molar-refractivity contribution < 1.29 is 15.0 Å². The van der Waals surface area contributed by atoms with Crippen molar-refractivity contribution in [1.29, 1.82) is 0 Å². The maximum absolute atomic E-state index is 12.4. The van der Waals surface area contributed by atoms with Gasteiger partial charge in [0.15, 0.2) is 5.78 Å². The highest BCUT2D eigenvalue weighted by Gasteiger charge is 2.44. The van der Waals surface area contributed by atoms with Gasteiger partial charge in [0, 0.05) is 0 Å². The molecule has 114 valence electrons. The third-order valence-electron chi connectivity index (χ3n) is 4.68. The van der Waals surface area contributed by atoms with Crippen molar-refractivity contribution in [2.24, 2.45) is 0 Å². The van der Waals surface area contributed by atoms with E-state index in [-0.39, 0.29) is 5.78 Å². The molecule has 4 rings (SSSR count). The molecule has 1 aliphatic carbocycles. The van der Waals surface area contributed by atoms with E-state index in [0.29, 0.717) is 0 Å². The van der Waals surface area contributed by atoms with Gasteiger partial charge in [0.05, 0.1) is 12.5 Å². The standard InChI is InChI=1S/C20H16O3/c21-12-20(23)10-9-18(22)19(20)17-11-13-5-1-2-6-14(13)15-7-3-4-8-16(15)17/h1-11,19,21,23H,12H2/t19-,20+/m0/s1. The summed E-state index contributed by atoms with van der Waals surface area (Å²) in [7, 11) is 0. The number of carbonyl (C=O) groups excluding carboxylic acids is 1. The molecule has 3 aromatic carbocycles. The molecule has 0 unspecified atom stereocenters. The highest BCUT2D eigenvalue weighted by Crippen LogP contribution is 2.41. The lowest BCUT2D eigenvalue weighted by Gasteiger charge is -2.27. The molecule has 0 aliphatic heterocycles. The molecule has 0 spiro atoms. The molecule has 0 bridgehead atoms. The largest absolute Gasteiger partial charge is 0.393 e. The lowest BCUT2D eigenvalue weighted by molar-refractivity contribution is -0.119. The van der Waals surface area contributed by atoms with Gasteiger partial charge in [-0.3, -0.25) is 4.79 Å². The molecular formula is C20H16O3. The lowest BCUT2D eigenvalue weighted by Crippen LogP contribution is -2.37. The minimum atomic E-state index is -1.54. The molecule has 3 heteroatoms. The summed E-state index contributed by atoms with van der Waals surface area (Å²) in [4.78, 5) is 12.4. The number of rotatable bonds is 2. The first-order valence-corrected chi connectivity index (χ1v) is 7.61. The van der Waals surface area contributed by atoms with E-state index in [1.54, 1.807) is 0 Å². The maximum Gasteiger partial charge on any atom is 0.166 e. The minimum Gasteiger partial charge on any atom is -0.393 e. The Labute approximate surface area is 133 Å². The molecule has 0 saturated heterocycles. The van der Waals surface area contributed by atoms with Gasteiger partial charge in [0.25, 0.3) is 0 Å². The summed E-state index contributed by atoms with van der Waals surface area (Å²) in [6, 6.07) is 17.8. The third-order valence-corrected chi connectivity index (χ3v) is 4.68. The number of aliphatic hydroxyl groups excluding tert-OH is 1. The van der Waals surface area contributed by atoms with Crippen molar-refractivity contribution in [2.45, 2.75) is 11.5 Å². The molecule has 23 heavy (non-hydrogen) atoms. The second-order valence-electron chi connectivity index (χ2n) is 6.05. The molecule has 2 N–H and O–H groups in total. The van der Waals surface area contributed by atoms with Crippen molar-refractivity contribution in [3.8, 4) is 0 Å². The Bertz CT molecular complexity index is 957. The van der Waals surface area contributed by atoms with Crippen LogP contribution in [-0.4, -0.2) is 28.2 Å². The Kier molecular flexibility index (Phi) is 3.08. The number of allylic oxidation sites excluding steroid dienone is 1. The van der Waals surface area contributed by atoms with E-state index in [1.165, 1.54) is 12.2 Å². The molecule has 0 fully saturated rings. The molecule has 0 radical (unpaired) electrons. The van der Waals surface area contributed by atoms with Gasteiger partial charge in [-0.25, -0.2) is 0 Å². The number of hydrogen-bond donors (Lipinski definition) is 2. The molecule has 1 aliphatic rings. The predicted octanol–water partition coefficient (Wildman–Crippen LogP) is 2.94. The highest BCUT2D eigenvalue weighted by atomic mass is 16.3. The van der Waals surface area contributed by atoms with Gasteiger partial charge in [-0.1, -0.05) is 48.5 Å². The molecule has 0 heterocycles. The van der Waals surface area contributed by atoms with E-state index in [2.05, 4.69) is 6.07 Å². The average Bonchev–Trinajstić information content (AvgIpc) is 2.90. The van der Waals surface area contributed by atoms with Gasteiger partial charge in [-0.15, -0.1) is 0 Å². The molecule has 0 aromatic heterocycles. The lowest BCUT2D eigenvalue weighted by atomic mass is 9.81. The second kappa shape index (κ2) is 5.01. The molecular weight excluding hydrogens is 288 g/mol. The van der Waals surface area contributed by atoms with Crippen molar-refractivity contribution >= 4 is 27.3 Å². The molecule has 2 atom stereocenters. The number of benzene rings is 3. The van der Waals surface area contributed by atoms with Crippen molar-refractivity contribution in [1.82, 2.24) is 0 Å². The fraction of sp³-hybridized carbons (Fsp3) is 0.150. The van der Waals surface area contributed by atoms with Gasteiger partial charge >= 0.3 is 0 Å². The Balaban J connectivity index is 2.08. The fourth-order valence-electron chi connectivity index (χ4n) is 3.55. The van der Waals surface area contributed by atoms with Crippen molar-refractivity contribution in [3.63, 3.8) is 0 Å². The van der Waals surface area contributed by atoms with E-state index in [9.17, 15) is 15.0 Å². The predicted molar refractivity (Wildman–Crippen MR) is 90.4 cm³/mol. The summed E-state index contributed by atoms with van der Waals surface area (Å²) in [5, 5.41) is 24.4. The summed E-state index contributed by atoms with van der Waals surface area (Å²) >= 11 is 0. The number of aliphatic hydroxyl groups is 2. The van der Waals surface area contributed by atoms with Crippen LogP contribution in [0.3, 0.4) is 0 Å². The molecule has 0 amide bonds. The van der Waals surface area contributed by atoms with E-state index in [1.807, 2.05) is 48.5 Å². The van der Waals surface area contributed by atoms with Crippen LogP contribution in [0.4, 0.5) is 0 Å². The van der Waals surface area contributed by atoms with Crippen molar-refractivity contribution in [2.75, 3.05) is 6.61 Å². The molecule has 0 saturated carbocycles. The van der Waals surface area contributed by atoms with Gasteiger partial charge < -0.3 is 10.2 Å².